The summed E-state index contributed by atoms with van der Waals surface area (Å²) in [6.07, 6.45) is 0. The van der Waals surface area contributed by atoms with E-state index >= 15 is 0 Å². The second-order valence-electron chi connectivity index (χ2n) is 0.705. The first kappa shape index (κ1) is 4.64. The molecule has 1 aliphatic rings. The van der Waals surface area contributed by atoms with E-state index in [4.69, 9.17) is 10.1 Å². The monoisotopic (exact) mass is 168 g/mol. The standard InChI is InChI=1S/CH3N2S.ClH.Co/c2-1(3)4;;/h(H3-,2,3,4);1H;/q-1;;+3/p-2. The van der Waals surface area contributed by atoms with Crippen molar-refractivity contribution in [2.24, 2.45) is 0 Å². The molecular formula is CH2ClCoN2S. The Morgan fingerprint density at radius 1 is 1.67 bits per heavy atom. The Balaban J connectivity index is 2.28. The van der Waals surface area contributed by atoms with Gasteiger partial charge in [0.1, 0.15) is 0 Å². The van der Waals surface area contributed by atoms with Crippen LogP contribution in [0.3, 0.4) is 0 Å². The fourth-order valence-corrected chi connectivity index (χ4v) is 1.94. The molecule has 1 rings (SSSR count). The van der Waals surface area contributed by atoms with Crippen molar-refractivity contribution >= 4 is 27.5 Å². The molecule has 0 bridgehead atoms. The second-order valence-corrected chi connectivity index (χ2v) is 3.33. The molecule has 0 unspecified atom stereocenters. The molecule has 0 aromatic heterocycles. The molecule has 0 aromatic carbocycles. The van der Waals surface area contributed by atoms with Gasteiger partial charge in [-0.05, 0) is 0 Å². The zero-order chi connectivity index (χ0) is 4.57. The third kappa shape index (κ3) is 0.757. The molecule has 0 spiro atoms. The Morgan fingerprint density at radius 2 is 2.17 bits per heavy atom. The van der Waals surface area contributed by atoms with Gasteiger partial charge in [0, 0.05) is 0 Å². The molecule has 0 saturated carbocycles. The Hall–Kier alpha value is 0.486. The van der Waals surface area contributed by atoms with Gasteiger partial charge in [-0.15, -0.1) is 0 Å². The van der Waals surface area contributed by atoms with Crippen LogP contribution in [0.25, 0.3) is 0 Å². The van der Waals surface area contributed by atoms with Gasteiger partial charge in [-0.3, -0.25) is 0 Å². The van der Waals surface area contributed by atoms with Gasteiger partial charge in [0.15, 0.2) is 0 Å². The van der Waals surface area contributed by atoms with Crippen molar-refractivity contribution in [3.63, 3.8) is 0 Å². The molecule has 0 radical (unpaired) electrons. The number of nitrogens with one attached hydrogen (secondary N) is 2. The maximum absolute atomic E-state index is 5.40. The second kappa shape index (κ2) is 1.53. The SMILES string of the molecule is S=C1[NH][Co]([Cl])[NH]1. The summed E-state index contributed by atoms with van der Waals surface area (Å²) in [6, 6.07) is 0. The molecule has 0 amide bonds. The van der Waals surface area contributed by atoms with Crippen molar-refractivity contribution < 1.29 is 13.2 Å². The van der Waals surface area contributed by atoms with E-state index in [1.165, 1.54) is 0 Å². The van der Waals surface area contributed by atoms with Gasteiger partial charge in [0.25, 0.3) is 0 Å². The Kier molecular flexibility index (Phi) is 1.19. The van der Waals surface area contributed by atoms with E-state index in [-0.39, 0.29) is 0 Å². The topological polar surface area (TPSA) is 24.1 Å². The number of hydrogen-bond acceptors (Lipinski definition) is 1. The van der Waals surface area contributed by atoms with Gasteiger partial charge in [-0.1, -0.05) is 0 Å². The third-order valence-corrected chi connectivity index (χ3v) is 2.31. The molecular weight excluding hydrogens is 166 g/mol. The van der Waals surface area contributed by atoms with Crippen molar-refractivity contribution in [1.29, 1.82) is 0 Å². The molecule has 0 aromatic rings. The average Bonchev–Trinajstić information content (AvgIpc) is 1.33. The van der Waals surface area contributed by atoms with Crippen molar-refractivity contribution in [3.05, 3.63) is 0 Å². The number of rotatable bonds is 0. The molecule has 2 N–H and O–H groups in total. The summed E-state index contributed by atoms with van der Waals surface area (Å²) in [7, 11) is 5.40. The molecule has 1 aliphatic heterocycles. The normalized spacial score (nSPS) is 24.2. The first-order valence-corrected chi connectivity index (χ1v) is 4.05. The van der Waals surface area contributed by atoms with Crippen molar-refractivity contribution in [3.8, 4) is 0 Å². The van der Waals surface area contributed by atoms with Crippen LogP contribution in [0.2, 0.25) is 0 Å². The van der Waals surface area contributed by atoms with Crippen LogP contribution in [-0.4, -0.2) is 5.11 Å². The predicted molar refractivity (Wildman–Crippen MR) is 24.7 cm³/mol. The number of hydrogen-bond donors (Lipinski definition) is 2. The molecule has 6 heavy (non-hydrogen) atoms. The molecule has 0 atom stereocenters. The summed E-state index contributed by atoms with van der Waals surface area (Å²) >= 11 is 3.96. The van der Waals surface area contributed by atoms with Gasteiger partial charge in [-0.2, -0.15) is 0 Å². The van der Waals surface area contributed by atoms with Crippen molar-refractivity contribution in [1.82, 2.24) is 8.73 Å². The minimum atomic E-state index is -0.608. The molecule has 1 heterocycles. The van der Waals surface area contributed by atoms with Crippen LogP contribution in [0.1, 0.15) is 0 Å². The molecule has 0 aliphatic carbocycles. The van der Waals surface area contributed by atoms with Crippen LogP contribution in [0.15, 0.2) is 0 Å². The van der Waals surface area contributed by atoms with E-state index in [1.807, 2.05) is 0 Å². The summed E-state index contributed by atoms with van der Waals surface area (Å²) in [4.78, 5) is 0. The van der Waals surface area contributed by atoms with E-state index < -0.39 is 13.2 Å². The van der Waals surface area contributed by atoms with E-state index in [9.17, 15) is 0 Å². The zero-order valence-electron chi connectivity index (χ0n) is 2.62. The third-order valence-electron chi connectivity index (χ3n) is 0.298. The van der Waals surface area contributed by atoms with Crippen LogP contribution in [-0.2, 0) is 13.2 Å². The van der Waals surface area contributed by atoms with E-state index in [2.05, 4.69) is 20.9 Å². The van der Waals surface area contributed by atoms with Crippen LogP contribution >= 0.6 is 22.4 Å². The van der Waals surface area contributed by atoms with E-state index in [0.29, 0.717) is 5.11 Å². The fourth-order valence-electron chi connectivity index (χ4n) is 0.133. The Labute approximate surface area is 49.7 Å². The maximum atomic E-state index is 5.40. The summed E-state index contributed by atoms with van der Waals surface area (Å²) in [5.41, 5.74) is 0. The van der Waals surface area contributed by atoms with Crippen molar-refractivity contribution in [2.75, 3.05) is 0 Å². The van der Waals surface area contributed by atoms with Gasteiger partial charge >= 0.3 is 49.4 Å². The molecule has 38 valence electrons. The van der Waals surface area contributed by atoms with Gasteiger partial charge in [-0.25, -0.2) is 0 Å². The Morgan fingerprint density at radius 3 is 2.17 bits per heavy atom. The van der Waals surface area contributed by atoms with Gasteiger partial charge in [0.2, 0.25) is 0 Å². The minimum absolute atomic E-state index is 0.608. The molecule has 1 saturated heterocycles. The van der Waals surface area contributed by atoms with Crippen LogP contribution in [0, 0.1) is 0 Å². The fraction of sp³-hybridized carbons (Fsp3) is 0. The number of halogens is 1. The van der Waals surface area contributed by atoms with Gasteiger partial charge in [0.05, 0.1) is 0 Å². The Bertz CT molecular complexity index is 77.6. The summed E-state index contributed by atoms with van der Waals surface area (Å²) in [5, 5.41) is 0.662. The van der Waals surface area contributed by atoms with Crippen molar-refractivity contribution in [2.45, 2.75) is 0 Å². The quantitative estimate of drug-likeness (QED) is 0.501. The summed E-state index contributed by atoms with van der Waals surface area (Å²) < 4.78 is 5.51. The average molecular weight is 168 g/mol. The molecule has 2 nitrogen and oxygen atoms in total. The van der Waals surface area contributed by atoms with Gasteiger partial charge < -0.3 is 0 Å². The van der Waals surface area contributed by atoms with E-state index in [1.54, 1.807) is 0 Å². The van der Waals surface area contributed by atoms with E-state index in [0.717, 1.165) is 0 Å². The summed E-state index contributed by atoms with van der Waals surface area (Å²) in [5.74, 6) is 0. The molecule has 1 fully saturated rings. The van der Waals surface area contributed by atoms with Crippen LogP contribution in [0.4, 0.5) is 0 Å². The number of thiocarbonyl (C=S) groups is 1. The first-order chi connectivity index (χ1) is 2.79. The molecule has 5 heteroatoms. The van der Waals surface area contributed by atoms with Crippen LogP contribution in [0.5, 0.6) is 0 Å². The predicted octanol–water partition coefficient (Wildman–Crippen LogP) is 0.0661. The first-order valence-electron chi connectivity index (χ1n) is 1.16. The zero-order valence-corrected chi connectivity index (χ0v) is 5.23. The van der Waals surface area contributed by atoms with Crippen LogP contribution < -0.4 is 8.73 Å². The summed E-state index contributed by atoms with van der Waals surface area (Å²) in [6.45, 7) is 0.